The van der Waals surface area contributed by atoms with Crippen LogP contribution in [0.25, 0.3) is 22.4 Å². The smallest absolute Gasteiger partial charge is 0.251 e. The summed E-state index contributed by atoms with van der Waals surface area (Å²) in [6.07, 6.45) is 0. The highest BCUT2D eigenvalue weighted by molar-refractivity contribution is 6.05. The molecule has 2 N–H and O–H groups in total. The number of primary amides is 1. The summed E-state index contributed by atoms with van der Waals surface area (Å²) >= 11 is 0. The van der Waals surface area contributed by atoms with E-state index >= 15 is 0 Å². The first-order valence-corrected chi connectivity index (χ1v) is 10.4. The van der Waals surface area contributed by atoms with Crippen LogP contribution in [0.2, 0.25) is 0 Å². The number of hydrogen-bond donors (Lipinski definition) is 1. The number of aromatic nitrogens is 1. The molecule has 0 fully saturated rings. The van der Waals surface area contributed by atoms with Crippen LogP contribution < -0.4 is 15.2 Å². The second-order valence-corrected chi connectivity index (χ2v) is 7.56. The Morgan fingerprint density at radius 2 is 1.44 bits per heavy atom. The molecule has 0 aliphatic heterocycles. The monoisotopic (exact) mass is 426 g/mol. The van der Waals surface area contributed by atoms with Gasteiger partial charge in [0.05, 0.1) is 25.5 Å². The number of rotatable bonds is 7. The molecule has 5 heteroatoms. The molecule has 0 saturated heterocycles. The fourth-order valence-corrected chi connectivity index (χ4v) is 4.18. The van der Waals surface area contributed by atoms with Gasteiger partial charge in [-0.15, -0.1) is 0 Å². The summed E-state index contributed by atoms with van der Waals surface area (Å²) in [6.45, 7) is 2.49. The van der Waals surface area contributed by atoms with E-state index < -0.39 is 5.91 Å². The van der Waals surface area contributed by atoms with Crippen LogP contribution in [0.4, 0.5) is 0 Å². The molecule has 0 radical (unpaired) electrons. The number of carbonyl (C=O) groups is 1. The van der Waals surface area contributed by atoms with Gasteiger partial charge in [-0.1, -0.05) is 66.7 Å². The molecule has 0 aliphatic rings. The summed E-state index contributed by atoms with van der Waals surface area (Å²) in [5, 5.41) is 0. The molecule has 1 aromatic heterocycles. The number of methoxy groups -OCH3 is 2. The first-order valence-electron chi connectivity index (χ1n) is 10.4. The second kappa shape index (κ2) is 9.02. The molecule has 0 aliphatic carbocycles. The quantitative estimate of drug-likeness (QED) is 0.436. The summed E-state index contributed by atoms with van der Waals surface area (Å²) in [7, 11) is 3.24. The van der Waals surface area contributed by atoms with Crippen molar-refractivity contribution in [2.24, 2.45) is 5.73 Å². The van der Waals surface area contributed by atoms with Crippen molar-refractivity contribution >= 4 is 5.91 Å². The molecule has 0 unspecified atom stereocenters. The molecular formula is C27H26N2O3. The third-order valence-corrected chi connectivity index (χ3v) is 5.67. The average molecular weight is 427 g/mol. The normalized spacial score (nSPS) is 10.7. The predicted molar refractivity (Wildman–Crippen MR) is 127 cm³/mol. The van der Waals surface area contributed by atoms with Gasteiger partial charge in [0.1, 0.15) is 0 Å². The van der Waals surface area contributed by atoms with Gasteiger partial charge in [-0.25, -0.2) is 0 Å². The summed E-state index contributed by atoms with van der Waals surface area (Å²) in [6, 6.07) is 25.8. The van der Waals surface area contributed by atoms with E-state index in [2.05, 4.69) is 16.7 Å². The SMILES string of the molecule is COc1ccc(Cn2c(C)c(C(N)=O)c(-c3ccccc3)c2-c2ccccc2)cc1OC. The Labute approximate surface area is 188 Å². The lowest BCUT2D eigenvalue weighted by Crippen LogP contribution is -2.13. The van der Waals surface area contributed by atoms with Crippen molar-refractivity contribution in [3.05, 3.63) is 95.7 Å². The number of amides is 1. The highest BCUT2D eigenvalue weighted by Crippen LogP contribution is 2.40. The standard InChI is InChI=1S/C27H26N2O3/c1-18-24(27(28)30)25(20-10-6-4-7-11-20)26(21-12-8-5-9-13-21)29(18)17-19-14-15-22(31-2)23(16-19)32-3/h4-16H,17H2,1-3H3,(H2,28,30). The van der Waals surface area contributed by atoms with Crippen LogP contribution in [0, 0.1) is 6.92 Å². The highest BCUT2D eigenvalue weighted by atomic mass is 16.5. The molecule has 0 bridgehead atoms. The van der Waals surface area contributed by atoms with Crippen LogP contribution in [-0.2, 0) is 6.54 Å². The average Bonchev–Trinajstić information content (AvgIpc) is 3.12. The van der Waals surface area contributed by atoms with E-state index in [-0.39, 0.29) is 0 Å². The molecule has 1 amide bonds. The number of nitrogens with zero attached hydrogens (tertiary/aromatic N) is 1. The Kier molecular flexibility index (Phi) is 5.99. The van der Waals surface area contributed by atoms with Gasteiger partial charge >= 0.3 is 0 Å². The van der Waals surface area contributed by atoms with Crippen molar-refractivity contribution in [1.82, 2.24) is 4.57 Å². The third-order valence-electron chi connectivity index (χ3n) is 5.67. The minimum atomic E-state index is -0.440. The molecule has 162 valence electrons. The maximum absolute atomic E-state index is 12.6. The maximum Gasteiger partial charge on any atom is 0.251 e. The van der Waals surface area contributed by atoms with Crippen molar-refractivity contribution in [2.75, 3.05) is 14.2 Å². The van der Waals surface area contributed by atoms with E-state index in [9.17, 15) is 4.79 Å². The summed E-state index contributed by atoms with van der Waals surface area (Å²) in [5.41, 5.74) is 12.1. The van der Waals surface area contributed by atoms with Crippen LogP contribution >= 0.6 is 0 Å². The lowest BCUT2D eigenvalue weighted by atomic mass is 9.96. The number of carbonyl (C=O) groups excluding carboxylic acids is 1. The minimum absolute atomic E-state index is 0.440. The molecule has 4 aromatic rings. The number of nitrogens with two attached hydrogens (primary N) is 1. The van der Waals surface area contributed by atoms with Crippen molar-refractivity contribution in [3.8, 4) is 33.9 Å². The lowest BCUT2D eigenvalue weighted by molar-refractivity contribution is 0.1000. The largest absolute Gasteiger partial charge is 0.493 e. The van der Waals surface area contributed by atoms with Crippen LogP contribution in [-0.4, -0.2) is 24.7 Å². The first-order chi connectivity index (χ1) is 15.5. The summed E-state index contributed by atoms with van der Waals surface area (Å²) in [5.74, 6) is 0.894. The van der Waals surface area contributed by atoms with Gasteiger partial charge in [-0.3, -0.25) is 4.79 Å². The highest BCUT2D eigenvalue weighted by Gasteiger charge is 2.26. The molecule has 5 nitrogen and oxygen atoms in total. The van der Waals surface area contributed by atoms with E-state index in [1.54, 1.807) is 14.2 Å². The maximum atomic E-state index is 12.6. The number of benzene rings is 3. The Balaban J connectivity index is 1.98. The Morgan fingerprint density at radius 3 is 2.00 bits per heavy atom. The summed E-state index contributed by atoms with van der Waals surface area (Å²) < 4.78 is 13.0. The van der Waals surface area contributed by atoms with Crippen LogP contribution in [0.3, 0.4) is 0 Å². The Morgan fingerprint density at radius 1 is 0.844 bits per heavy atom. The van der Waals surface area contributed by atoms with E-state index in [0.717, 1.165) is 33.6 Å². The Bertz CT molecular complexity index is 1250. The van der Waals surface area contributed by atoms with Crippen molar-refractivity contribution in [2.45, 2.75) is 13.5 Å². The third kappa shape index (κ3) is 3.85. The van der Waals surface area contributed by atoms with Crippen LogP contribution in [0.5, 0.6) is 11.5 Å². The lowest BCUT2D eigenvalue weighted by Gasteiger charge is -2.15. The van der Waals surface area contributed by atoms with Crippen molar-refractivity contribution in [1.29, 1.82) is 0 Å². The van der Waals surface area contributed by atoms with E-state index in [1.165, 1.54) is 0 Å². The minimum Gasteiger partial charge on any atom is -0.493 e. The van der Waals surface area contributed by atoms with Gasteiger partial charge in [0.2, 0.25) is 0 Å². The predicted octanol–water partition coefficient (Wildman–Crippen LogP) is 5.29. The van der Waals surface area contributed by atoms with E-state index in [1.807, 2.05) is 73.7 Å². The summed E-state index contributed by atoms with van der Waals surface area (Å²) in [4.78, 5) is 12.6. The van der Waals surface area contributed by atoms with Gasteiger partial charge in [0.15, 0.2) is 11.5 Å². The topological polar surface area (TPSA) is 66.5 Å². The number of hydrogen-bond acceptors (Lipinski definition) is 3. The van der Waals surface area contributed by atoms with Crippen LogP contribution in [0.15, 0.2) is 78.9 Å². The van der Waals surface area contributed by atoms with Gasteiger partial charge in [0.25, 0.3) is 5.91 Å². The van der Waals surface area contributed by atoms with E-state index in [4.69, 9.17) is 15.2 Å². The van der Waals surface area contributed by atoms with Crippen molar-refractivity contribution in [3.63, 3.8) is 0 Å². The number of ether oxygens (including phenoxy) is 2. The zero-order valence-corrected chi connectivity index (χ0v) is 18.5. The zero-order valence-electron chi connectivity index (χ0n) is 18.5. The second-order valence-electron chi connectivity index (χ2n) is 7.56. The molecule has 0 spiro atoms. The van der Waals surface area contributed by atoms with Gasteiger partial charge < -0.3 is 19.8 Å². The molecule has 1 heterocycles. The fraction of sp³-hybridized carbons (Fsp3) is 0.148. The molecule has 3 aromatic carbocycles. The Hall–Kier alpha value is -3.99. The molecule has 0 atom stereocenters. The van der Waals surface area contributed by atoms with Gasteiger partial charge in [-0.2, -0.15) is 0 Å². The van der Waals surface area contributed by atoms with Crippen LogP contribution in [0.1, 0.15) is 21.6 Å². The molecule has 4 rings (SSSR count). The first kappa shape index (κ1) is 21.2. The van der Waals surface area contributed by atoms with Crippen molar-refractivity contribution < 1.29 is 14.3 Å². The molecular weight excluding hydrogens is 400 g/mol. The molecule has 32 heavy (non-hydrogen) atoms. The van der Waals surface area contributed by atoms with E-state index in [0.29, 0.717) is 23.6 Å². The molecule has 0 saturated carbocycles. The van der Waals surface area contributed by atoms with Gasteiger partial charge in [-0.05, 0) is 35.7 Å². The fourth-order valence-electron chi connectivity index (χ4n) is 4.18. The van der Waals surface area contributed by atoms with Gasteiger partial charge in [0, 0.05) is 17.8 Å². The zero-order chi connectivity index (χ0) is 22.7.